The molecule has 2 heterocycles. The van der Waals surface area contributed by atoms with Crippen molar-refractivity contribution in [2.45, 2.75) is 24.3 Å². The van der Waals surface area contributed by atoms with Crippen LogP contribution in [0.4, 0.5) is 5.82 Å². The SMILES string of the molecule is COc1ccc(-n2nc(C)c3c2NC(=O)[C@@H](C)S[C@H]3c2ccc(C(=O)O)cc2)cc1. The molecule has 0 fully saturated rings. The Morgan fingerprint density at radius 2 is 1.83 bits per heavy atom. The van der Waals surface area contributed by atoms with Crippen molar-refractivity contribution in [1.82, 2.24) is 9.78 Å². The van der Waals surface area contributed by atoms with Crippen LogP contribution >= 0.6 is 11.8 Å². The third kappa shape index (κ3) is 3.54. The lowest BCUT2D eigenvalue weighted by atomic mass is 10.0. The van der Waals surface area contributed by atoms with Crippen molar-refractivity contribution in [2.24, 2.45) is 0 Å². The lowest BCUT2D eigenvalue weighted by Crippen LogP contribution is -2.22. The Balaban J connectivity index is 1.84. The molecule has 0 aliphatic carbocycles. The molecule has 2 atom stereocenters. The fourth-order valence-corrected chi connectivity index (χ4v) is 4.81. The highest BCUT2D eigenvalue weighted by Crippen LogP contribution is 2.46. The first-order valence-electron chi connectivity index (χ1n) is 9.42. The van der Waals surface area contributed by atoms with Crippen molar-refractivity contribution in [3.63, 3.8) is 0 Å². The monoisotopic (exact) mass is 423 g/mol. The standard InChI is InChI=1S/C22H21N3O4S/c1-12-18-19(14-4-6-15(7-5-14)22(27)28)30-13(2)21(26)23-20(18)25(24-12)16-8-10-17(29-3)11-9-16/h4-11,13,19H,1-3H3,(H,23,26)(H,27,28)/t13-,19+/m1/s1. The summed E-state index contributed by atoms with van der Waals surface area (Å²) in [5, 5.41) is 16.5. The Bertz CT molecular complexity index is 1110. The Kier molecular flexibility index (Phi) is 5.26. The fraction of sp³-hybridized carbons (Fsp3) is 0.227. The van der Waals surface area contributed by atoms with Gasteiger partial charge in [0.1, 0.15) is 11.6 Å². The van der Waals surface area contributed by atoms with Crippen LogP contribution in [0.3, 0.4) is 0 Å². The van der Waals surface area contributed by atoms with Gasteiger partial charge >= 0.3 is 5.97 Å². The van der Waals surface area contributed by atoms with Crippen molar-refractivity contribution in [2.75, 3.05) is 12.4 Å². The van der Waals surface area contributed by atoms with Gasteiger partial charge in [-0.25, -0.2) is 9.48 Å². The van der Waals surface area contributed by atoms with E-state index >= 15 is 0 Å². The number of hydrogen-bond donors (Lipinski definition) is 2. The third-order valence-electron chi connectivity index (χ3n) is 5.10. The summed E-state index contributed by atoms with van der Waals surface area (Å²) < 4.78 is 6.97. The van der Waals surface area contributed by atoms with Crippen LogP contribution in [0.5, 0.6) is 5.75 Å². The zero-order valence-electron chi connectivity index (χ0n) is 16.7. The summed E-state index contributed by atoms with van der Waals surface area (Å²) in [6.07, 6.45) is 0. The maximum atomic E-state index is 12.7. The quantitative estimate of drug-likeness (QED) is 0.658. The number of anilines is 1. The molecule has 1 aromatic heterocycles. The number of carboxylic acids is 1. The summed E-state index contributed by atoms with van der Waals surface area (Å²) in [6.45, 7) is 3.78. The molecule has 30 heavy (non-hydrogen) atoms. The van der Waals surface area contributed by atoms with Gasteiger partial charge in [0.2, 0.25) is 5.91 Å². The van der Waals surface area contributed by atoms with Crippen LogP contribution in [-0.2, 0) is 4.79 Å². The van der Waals surface area contributed by atoms with Gasteiger partial charge in [0.15, 0.2) is 0 Å². The van der Waals surface area contributed by atoms with Crippen molar-refractivity contribution >= 4 is 29.5 Å². The van der Waals surface area contributed by atoms with Gasteiger partial charge in [0, 0.05) is 5.56 Å². The van der Waals surface area contributed by atoms with Crippen LogP contribution in [0.1, 0.15) is 39.4 Å². The summed E-state index contributed by atoms with van der Waals surface area (Å²) in [7, 11) is 1.61. The van der Waals surface area contributed by atoms with E-state index in [1.807, 2.05) is 38.1 Å². The zero-order valence-corrected chi connectivity index (χ0v) is 17.6. The molecule has 1 aliphatic heterocycles. The molecule has 8 heteroatoms. The molecule has 1 aliphatic rings. The maximum Gasteiger partial charge on any atom is 0.335 e. The second-order valence-electron chi connectivity index (χ2n) is 7.03. The molecule has 0 saturated heterocycles. The Morgan fingerprint density at radius 3 is 2.43 bits per heavy atom. The second-order valence-corrected chi connectivity index (χ2v) is 8.48. The maximum absolute atomic E-state index is 12.7. The third-order valence-corrected chi connectivity index (χ3v) is 6.50. The molecule has 0 saturated carbocycles. The van der Waals surface area contributed by atoms with Gasteiger partial charge in [-0.15, -0.1) is 11.8 Å². The number of carbonyl (C=O) groups is 2. The number of thioether (sulfide) groups is 1. The van der Waals surface area contributed by atoms with E-state index in [-0.39, 0.29) is 22.0 Å². The van der Waals surface area contributed by atoms with Crippen LogP contribution < -0.4 is 10.1 Å². The summed E-state index contributed by atoms with van der Waals surface area (Å²) in [5.74, 6) is 0.301. The summed E-state index contributed by atoms with van der Waals surface area (Å²) >= 11 is 1.52. The summed E-state index contributed by atoms with van der Waals surface area (Å²) in [4.78, 5) is 23.9. The van der Waals surface area contributed by atoms with E-state index in [9.17, 15) is 14.7 Å². The van der Waals surface area contributed by atoms with Crippen molar-refractivity contribution in [3.05, 3.63) is 70.9 Å². The molecule has 0 radical (unpaired) electrons. The minimum atomic E-state index is -0.968. The number of aromatic carboxylic acids is 1. The topological polar surface area (TPSA) is 93.5 Å². The van der Waals surface area contributed by atoms with Crippen LogP contribution in [0.15, 0.2) is 48.5 Å². The Labute approximate surface area is 178 Å². The number of aryl methyl sites for hydroxylation is 1. The molecule has 3 aromatic rings. The van der Waals surface area contributed by atoms with Gasteiger partial charge in [-0.2, -0.15) is 5.10 Å². The molecular weight excluding hydrogens is 402 g/mol. The van der Waals surface area contributed by atoms with Gasteiger partial charge in [-0.3, -0.25) is 4.79 Å². The van der Waals surface area contributed by atoms with E-state index in [2.05, 4.69) is 5.32 Å². The van der Waals surface area contributed by atoms with Crippen molar-refractivity contribution in [1.29, 1.82) is 0 Å². The van der Waals surface area contributed by atoms with E-state index in [1.54, 1.807) is 36.1 Å². The fourth-order valence-electron chi connectivity index (χ4n) is 3.48. The van der Waals surface area contributed by atoms with E-state index in [1.165, 1.54) is 11.8 Å². The van der Waals surface area contributed by atoms with E-state index in [0.29, 0.717) is 5.82 Å². The zero-order chi connectivity index (χ0) is 21.4. The predicted molar refractivity (Wildman–Crippen MR) is 116 cm³/mol. The normalized spacial score (nSPS) is 18.3. The van der Waals surface area contributed by atoms with Gasteiger partial charge in [-0.1, -0.05) is 12.1 Å². The molecule has 2 N–H and O–H groups in total. The number of methoxy groups -OCH3 is 1. The largest absolute Gasteiger partial charge is 0.497 e. The first-order chi connectivity index (χ1) is 14.4. The highest BCUT2D eigenvalue weighted by atomic mass is 32.2. The number of hydrogen-bond acceptors (Lipinski definition) is 5. The lowest BCUT2D eigenvalue weighted by Gasteiger charge is -2.17. The van der Waals surface area contributed by atoms with Crippen LogP contribution in [-0.4, -0.2) is 39.1 Å². The molecule has 0 bridgehead atoms. The molecule has 2 aromatic carbocycles. The number of ether oxygens (including phenoxy) is 1. The van der Waals surface area contributed by atoms with Crippen molar-refractivity contribution in [3.8, 4) is 11.4 Å². The Morgan fingerprint density at radius 1 is 1.17 bits per heavy atom. The first-order valence-corrected chi connectivity index (χ1v) is 10.4. The molecule has 0 spiro atoms. The van der Waals surface area contributed by atoms with Gasteiger partial charge in [-0.05, 0) is 55.8 Å². The number of benzene rings is 2. The molecule has 0 unspecified atom stereocenters. The number of amides is 1. The van der Waals surface area contributed by atoms with Gasteiger partial charge in [0.05, 0.1) is 34.6 Å². The number of carbonyl (C=O) groups excluding carboxylic acids is 1. The summed E-state index contributed by atoms with van der Waals surface area (Å²) in [6, 6.07) is 14.2. The van der Waals surface area contributed by atoms with E-state index in [4.69, 9.17) is 9.84 Å². The average molecular weight is 423 g/mol. The molecule has 1 amide bonds. The van der Waals surface area contributed by atoms with Crippen LogP contribution in [0.2, 0.25) is 0 Å². The molecule has 4 rings (SSSR count). The smallest absolute Gasteiger partial charge is 0.335 e. The lowest BCUT2D eigenvalue weighted by molar-refractivity contribution is -0.115. The molecule has 7 nitrogen and oxygen atoms in total. The van der Waals surface area contributed by atoms with Crippen LogP contribution in [0, 0.1) is 6.92 Å². The predicted octanol–water partition coefficient (Wildman–Crippen LogP) is 4.05. The number of fused-ring (bicyclic) bond motifs is 1. The van der Waals surface area contributed by atoms with Crippen molar-refractivity contribution < 1.29 is 19.4 Å². The highest BCUT2D eigenvalue weighted by molar-refractivity contribution is 8.01. The Hall–Kier alpha value is -3.26. The number of aromatic nitrogens is 2. The van der Waals surface area contributed by atoms with E-state index in [0.717, 1.165) is 28.3 Å². The minimum Gasteiger partial charge on any atom is -0.497 e. The van der Waals surface area contributed by atoms with Gasteiger partial charge < -0.3 is 15.2 Å². The number of nitrogens with one attached hydrogen (secondary N) is 1. The second kappa shape index (κ2) is 7.87. The molecular formula is C22H21N3O4S. The summed E-state index contributed by atoms with van der Waals surface area (Å²) in [5.41, 5.74) is 3.67. The van der Waals surface area contributed by atoms with Gasteiger partial charge in [0.25, 0.3) is 0 Å². The first kappa shape index (κ1) is 20.0. The highest BCUT2D eigenvalue weighted by Gasteiger charge is 2.34. The number of rotatable bonds is 4. The minimum absolute atomic E-state index is 0.0967. The number of carboxylic acid groups (broad SMARTS) is 1. The molecule has 154 valence electrons. The van der Waals surface area contributed by atoms with Crippen LogP contribution in [0.25, 0.3) is 5.69 Å². The number of nitrogens with zero attached hydrogens (tertiary/aromatic N) is 2. The van der Waals surface area contributed by atoms with E-state index < -0.39 is 5.97 Å². The average Bonchev–Trinajstić information content (AvgIpc) is 3.00.